The second kappa shape index (κ2) is 5.25. The normalized spacial score (nSPS) is 25.9. The third kappa shape index (κ3) is 4.06. The summed E-state index contributed by atoms with van der Waals surface area (Å²) in [6.07, 6.45) is 1.58. The summed E-state index contributed by atoms with van der Waals surface area (Å²) in [7, 11) is -1.82. The maximum atomic E-state index is 11.6. The minimum Gasteiger partial charge on any atom is -0.396 e. The van der Waals surface area contributed by atoms with Crippen LogP contribution < -0.4 is 4.72 Å². The topological polar surface area (TPSA) is 69.6 Å². The molecular weight excluding hydrogens is 216 g/mol. The average Bonchev–Trinajstić information content (AvgIpc) is 2.88. The van der Waals surface area contributed by atoms with E-state index in [9.17, 15) is 8.42 Å². The number of rotatable bonds is 7. The minimum atomic E-state index is -3.34. The highest BCUT2D eigenvalue weighted by molar-refractivity contribution is 7.87. The van der Waals surface area contributed by atoms with Crippen molar-refractivity contribution in [3.8, 4) is 0 Å². The molecule has 0 radical (unpaired) electrons. The zero-order chi connectivity index (χ0) is 11.5. The van der Waals surface area contributed by atoms with Gasteiger partial charge in [-0.05, 0) is 24.7 Å². The van der Waals surface area contributed by atoms with Gasteiger partial charge in [-0.15, -0.1) is 0 Å². The predicted molar refractivity (Wildman–Crippen MR) is 58.5 cm³/mol. The zero-order valence-electron chi connectivity index (χ0n) is 9.31. The van der Waals surface area contributed by atoms with Crippen molar-refractivity contribution in [3.05, 3.63) is 0 Å². The van der Waals surface area contributed by atoms with Gasteiger partial charge in [0, 0.05) is 26.7 Å². The van der Waals surface area contributed by atoms with E-state index >= 15 is 0 Å². The lowest BCUT2D eigenvalue weighted by molar-refractivity contribution is 0.275. The maximum absolute atomic E-state index is 11.6. The van der Waals surface area contributed by atoms with Gasteiger partial charge in [-0.2, -0.15) is 12.7 Å². The number of aliphatic hydroxyl groups excluding tert-OH is 1. The largest absolute Gasteiger partial charge is 0.396 e. The van der Waals surface area contributed by atoms with Crippen molar-refractivity contribution in [2.45, 2.75) is 19.8 Å². The lowest BCUT2D eigenvalue weighted by atomic mass is 10.3. The van der Waals surface area contributed by atoms with Crippen molar-refractivity contribution in [2.24, 2.45) is 11.8 Å². The van der Waals surface area contributed by atoms with Crippen LogP contribution in [-0.4, -0.2) is 44.6 Å². The summed E-state index contributed by atoms with van der Waals surface area (Å²) in [4.78, 5) is 0. The molecule has 1 aliphatic rings. The Kier molecular flexibility index (Phi) is 4.51. The van der Waals surface area contributed by atoms with Crippen LogP contribution in [0.4, 0.5) is 0 Å². The zero-order valence-corrected chi connectivity index (χ0v) is 10.1. The van der Waals surface area contributed by atoms with Gasteiger partial charge in [-0.25, -0.2) is 4.72 Å². The van der Waals surface area contributed by atoms with Crippen molar-refractivity contribution in [2.75, 3.05) is 26.7 Å². The van der Waals surface area contributed by atoms with Gasteiger partial charge in [-0.3, -0.25) is 0 Å². The maximum Gasteiger partial charge on any atom is 0.279 e. The van der Waals surface area contributed by atoms with Crippen LogP contribution in [-0.2, 0) is 10.2 Å². The molecule has 1 fully saturated rings. The molecule has 1 aliphatic carbocycles. The van der Waals surface area contributed by atoms with E-state index in [1.165, 1.54) is 11.4 Å². The minimum absolute atomic E-state index is 0.0134. The Balaban J connectivity index is 2.30. The highest BCUT2D eigenvalue weighted by Crippen LogP contribution is 2.36. The molecule has 0 bridgehead atoms. The number of aliphatic hydroxyl groups is 1. The molecule has 0 aromatic carbocycles. The standard InChI is InChI=1S/C9H20N2O3S/c1-8-6-9(8)7-10-15(13,14)11(2)4-3-5-12/h8-10,12H,3-7H2,1-2H3. The van der Waals surface area contributed by atoms with E-state index in [2.05, 4.69) is 11.6 Å². The van der Waals surface area contributed by atoms with Gasteiger partial charge in [-0.1, -0.05) is 6.92 Å². The van der Waals surface area contributed by atoms with E-state index < -0.39 is 10.2 Å². The summed E-state index contributed by atoms with van der Waals surface area (Å²) in [5.74, 6) is 1.15. The van der Waals surface area contributed by atoms with Gasteiger partial charge in [0.1, 0.15) is 0 Å². The molecule has 0 amide bonds. The van der Waals surface area contributed by atoms with Gasteiger partial charge >= 0.3 is 0 Å². The Morgan fingerprint density at radius 2 is 2.13 bits per heavy atom. The molecule has 2 atom stereocenters. The van der Waals surface area contributed by atoms with Crippen LogP contribution in [0, 0.1) is 11.8 Å². The second-order valence-electron chi connectivity index (χ2n) is 4.23. The molecule has 0 spiro atoms. The number of hydrogen-bond donors (Lipinski definition) is 2. The van der Waals surface area contributed by atoms with E-state index in [0.717, 1.165) is 6.42 Å². The van der Waals surface area contributed by atoms with Crippen molar-refractivity contribution in [1.82, 2.24) is 9.03 Å². The monoisotopic (exact) mass is 236 g/mol. The summed E-state index contributed by atoms with van der Waals surface area (Å²) in [5.41, 5.74) is 0. The fourth-order valence-electron chi connectivity index (χ4n) is 1.42. The molecule has 1 saturated carbocycles. The van der Waals surface area contributed by atoms with E-state index in [-0.39, 0.29) is 6.61 Å². The molecule has 5 nitrogen and oxygen atoms in total. The van der Waals surface area contributed by atoms with Crippen LogP contribution in [0.1, 0.15) is 19.8 Å². The quantitative estimate of drug-likeness (QED) is 0.642. The van der Waals surface area contributed by atoms with Crippen LogP contribution >= 0.6 is 0 Å². The van der Waals surface area contributed by atoms with Crippen molar-refractivity contribution in [1.29, 1.82) is 0 Å². The number of nitrogens with one attached hydrogen (secondary N) is 1. The van der Waals surface area contributed by atoms with Crippen molar-refractivity contribution < 1.29 is 13.5 Å². The SMILES string of the molecule is CC1CC1CNS(=O)(=O)N(C)CCCO. The summed E-state index contributed by atoms with van der Waals surface area (Å²) in [5, 5.41) is 8.60. The van der Waals surface area contributed by atoms with Crippen LogP contribution in [0.2, 0.25) is 0 Å². The smallest absolute Gasteiger partial charge is 0.279 e. The first-order chi connectivity index (χ1) is 6.97. The van der Waals surface area contributed by atoms with Gasteiger partial charge in [0.25, 0.3) is 10.2 Å². The molecule has 2 N–H and O–H groups in total. The lowest BCUT2D eigenvalue weighted by Crippen LogP contribution is -2.39. The molecule has 0 saturated heterocycles. The summed E-state index contributed by atoms with van der Waals surface area (Å²) < 4.78 is 27.0. The van der Waals surface area contributed by atoms with E-state index in [1.807, 2.05) is 0 Å². The molecular formula is C9H20N2O3S. The summed E-state index contributed by atoms with van der Waals surface area (Å²) in [6, 6.07) is 0. The third-order valence-corrected chi connectivity index (χ3v) is 4.38. The average molecular weight is 236 g/mol. The first-order valence-corrected chi connectivity index (χ1v) is 6.73. The van der Waals surface area contributed by atoms with Crippen LogP contribution in [0.3, 0.4) is 0 Å². The van der Waals surface area contributed by atoms with E-state index in [1.54, 1.807) is 0 Å². The molecule has 1 rings (SSSR count). The predicted octanol–water partition coefficient (Wildman–Crippen LogP) is -0.209. The van der Waals surface area contributed by atoms with Gasteiger partial charge in [0.2, 0.25) is 0 Å². The molecule has 0 heterocycles. The fraction of sp³-hybridized carbons (Fsp3) is 1.00. The van der Waals surface area contributed by atoms with Crippen LogP contribution in [0.5, 0.6) is 0 Å². The van der Waals surface area contributed by atoms with Crippen molar-refractivity contribution in [3.63, 3.8) is 0 Å². The van der Waals surface area contributed by atoms with Crippen molar-refractivity contribution >= 4 is 10.2 Å². The van der Waals surface area contributed by atoms with E-state index in [4.69, 9.17) is 5.11 Å². The molecule has 0 aromatic heterocycles. The Labute approximate surface area is 91.7 Å². The first-order valence-electron chi connectivity index (χ1n) is 5.29. The number of hydrogen-bond acceptors (Lipinski definition) is 3. The first kappa shape index (κ1) is 12.9. The summed E-state index contributed by atoms with van der Waals surface area (Å²) >= 11 is 0. The van der Waals surface area contributed by atoms with Crippen LogP contribution in [0.15, 0.2) is 0 Å². The second-order valence-corrected chi connectivity index (χ2v) is 6.09. The highest BCUT2D eigenvalue weighted by atomic mass is 32.2. The molecule has 2 unspecified atom stereocenters. The molecule has 0 aliphatic heterocycles. The van der Waals surface area contributed by atoms with Gasteiger partial charge in [0.05, 0.1) is 0 Å². The lowest BCUT2D eigenvalue weighted by Gasteiger charge is -2.16. The summed E-state index contributed by atoms with van der Waals surface area (Å²) in [6.45, 7) is 3.02. The van der Waals surface area contributed by atoms with Crippen LogP contribution in [0.25, 0.3) is 0 Å². The highest BCUT2D eigenvalue weighted by Gasteiger charge is 2.33. The van der Waals surface area contributed by atoms with Gasteiger partial charge in [0.15, 0.2) is 0 Å². The van der Waals surface area contributed by atoms with Gasteiger partial charge < -0.3 is 5.11 Å². The Hall–Kier alpha value is -0.170. The molecule has 6 heteroatoms. The molecule has 15 heavy (non-hydrogen) atoms. The molecule has 90 valence electrons. The Bertz CT molecular complexity index is 292. The molecule has 0 aromatic rings. The Morgan fingerprint density at radius 3 is 2.60 bits per heavy atom. The number of nitrogens with zero attached hydrogens (tertiary/aromatic N) is 1. The third-order valence-electron chi connectivity index (χ3n) is 2.85. The fourth-order valence-corrected chi connectivity index (χ4v) is 2.43. The van der Waals surface area contributed by atoms with E-state index in [0.29, 0.717) is 31.3 Å². The Morgan fingerprint density at radius 1 is 1.53 bits per heavy atom.